The van der Waals surface area contributed by atoms with Gasteiger partial charge in [-0.1, -0.05) is 18.5 Å². The summed E-state index contributed by atoms with van der Waals surface area (Å²) < 4.78 is 23.2. The van der Waals surface area contributed by atoms with Gasteiger partial charge >= 0.3 is 0 Å². The molecule has 0 amide bonds. The molecule has 0 saturated heterocycles. The molecule has 0 aliphatic rings. The van der Waals surface area contributed by atoms with Crippen molar-refractivity contribution in [3.05, 3.63) is 57.0 Å². The Morgan fingerprint density at radius 3 is 3.05 bits per heavy atom. The molecule has 2 aromatic heterocycles. The van der Waals surface area contributed by atoms with Gasteiger partial charge in [0.25, 0.3) is 0 Å². The van der Waals surface area contributed by atoms with Crippen molar-refractivity contribution in [2.45, 2.75) is 12.8 Å². The number of phenolic OH excluding ortho intramolecular Hbond substituents is 1. The van der Waals surface area contributed by atoms with Crippen LogP contribution in [-0.4, -0.2) is 15.1 Å². The number of halogens is 3. The van der Waals surface area contributed by atoms with Crippen molar-refractivity contribution in [1.29, 1.82) is 0 Å². The molecule has 0 aliphatic carbocycles. The van der Waals surface area contributed by atoms with E-state index < -0.39 is 11.7 Å². The molecule has 1 aromatic carbocycles. The number of nitrogens with one attached hydrogen (secondary N) is 1. The molecule has 6 heteroatoms. The number of hydrogen-bond acceptors (Lipinski definition) is 2. The van der Waals surface area contributed by atoms with Crippen LogP contribution >= 0.6 is 27.5 Å². The number of pyridine rings is 1. The van der Waals surface area contributed by atoms with E-state index in [1.165, 1.54) is 6.07 Å². The maximum Gasteiger partial charge on any atom is 0.142 e. The first-order valence-corrected chi connectivity index (χ1v) is 7.30. The zero-order chi connectivity index (χ0) is 16.1. The molecule has 0 radical (unpaired) electrons. The van der Waals surface area contributed by atoms with Crippen molar-refractivity contribution >= 4 is 38.6 Å². The Morgan fingerprint density at radius 2 is 2.29 bits per heavy atom. The van der Waals surface area contributed by atoms with Gasteiger partial charge < -0.3 is 10.1 Å². The predicted molar refractivity (Wildman–Crippen MR) is 84.4 cm³/mol. The minimum Gasteiger partial charge on any atom is -0.508 e. The van der Waals surface area contributed by atoms with Crippen molar-refractivity contribution in [2.75, 3.05) is 0 Å². The SMILES string of the molecule is [2H][C@@](C)(c1c(O)ccc(F)c1Cl)c1c[nH]c2ncc(Br)cc12. The molecular weight excluding hydrogens is 359 g/mol. The standard InChI is InChI=1S/C15H11BrClFN2O/c1-7(13-12(21)3-2-11(18)14(13)17)10-6-20-15-9(10)4-8(16)5-19-15/h2-7,21H,1H3,(H,19,20)/t7-/m0/s1/i7D. The maximum atomic E-state index is 13.8. The van der Waals surface area contributed by atoms with Crippen LogP contribution in [0.25, 0.3) is 11.0 Å². The molecule has 0 fully saturated rings. The second kappa shape index (κ2) is 5.31. The molecule has 21 heavy (non-hydrogen) atoms. The van der Waals surface area contributed by atoms with Crippen LogP contribution < -0.4 is 0 Å². The molecule has 1 atom stereocenters. The molecule has 0 unspecified atom stereocenters. The number of H-pyrrole nitrogens is 1. The molecule has 108 valence electrons. The topological polar surface area (TPSA) is 48.9 Å². The largest absolute Gasteiger partial charge is 0.508 e. The smallest absolute Gasteiger partial charge is 0.142 e. The van der Waals surface area contributed by atoms with E-state index in [0.717, 1.165) is 10.5 Å². The number of aromatic amines is 1. The van der Waals surface area contributed by atoms with Crippen LogP contribution in [-0.2, 0) is 0 Å². The van der Waals surface area contributed by atoms with Crippen LogP contribution in [0.15, 0.2) is 35.1 Å². The Bertz CT molecular complexity index is 881. The maximum absolute atomic E-state index is 13.8. The fourth-order valence-electron chi connectivity index (χ4n) is 2.32. The Kier molecular flexibility index (Phi) is 3.31. The normalized spacial score (nSPS) is 15.0. The van der Waals surface area contributed by atoms with Crippen LogP contribution in [0.4, 0.5) is 4.39 Å². The molecule has 0 saturated carbocycles. The van der Waals surface area contributed by atoms with Crippen LogP contribution in [0, 0.1) is 5.82 Å². The van der Waals surface area contributed by atoms with Gasteiger partial charge in [0.15, 0.2) is 0 Å². The van der Waals surface area contributed by atoms with Gasteiger partial charge in [-0.3, -0.25) is 0 Å². The summed E-state index contributed by atoms with van der Waals surface area (Å²) in [6, 6.07) is 4.09. The molecule has 0 aliphatic heterocycles. The van der Waals surface area contributed by atoms with Gasteiger partial charge in [-0.25, -0.2) is 9.37 Å². The number of phenols is 1. The number of rotatable bonds is 2. The van der Waals surface area contributed by atoms with E-state index in [9.17, 15) is 9.50 Å². The van der Waals surface area contributed by atoms with E-state index in [1.807, 2.05) is 6.07 Å². The van der Waals surface area contributed by atoms with Crippen molar-refractivity contribution in [3.8, 4) is 5.75 Å². The molecule has 0 spiro atoms. The molecule has 3 rings (SSSR count). The predicted octanol–water partition coefficient (Wildman–Crippen LogP) is 4.98. The van der Waals surface area contributed by atoms with Gasteiger partial charge in [-0.15, -0.1) is 0 Å². The molecule has 2 N–H and O–H groups in total. The van der Waals surface area contributed by atoms with Crippen LogP contribution in [0.5, 0.6) is 5.75 Å². The summed E-state index contributed by atoms with van der Waals surface area (Å²) in [5.74, 6) is -2.35. The minimum absolute atomic E-state index is 0.0232. The fourth-order valence-corrected chi connectivity index (χ4v) is 2.95. The molecule has 2 heterocycles. The second-order valence-corrected chi connectivity index (χ2v) is 5.93. The zero-order valence-corrected chi connectivity index (χ0v) is 13.3. The lowest BCUT2D eigenvalue weighted by Crippen LogP contribution is -1.99. The van der Waals surface area contributed by atoms with Crippen molar-refractivity contribution in [2.24, 2.45) is 0 Å². The quantitative estimate of drug-likeness (QED) is 0.668. The van der Waals surface area contributed by atoms with E-state index in [0.29, 0.717) is 16.6 Å². The van der Waals surface area contributed by atoms with Gasteiger partial charge in [0.1, 0.15) is 17.2 Å². The summed E-state index contributed by atoms with van der Waals surface area (Å²) in [4.78, 5) is 7.19. The summed E-state index contributed by atoms with van der Waals surface area (Å²) >= 11 is 9.33. The zero-order valence-electron chi connectivity index (χ0n) is 11.9. The average molecular weight is 371 g/mol. The summed E-state index contributed by atoms with van der Waals surface area (Å²) in [5.41, 5.74) is 1.16. The minimum atomic E-state index is -1.45. The van der Waals surface area contributed by atoms with E-state index in [1.54, 1.807) is 19.3 Å². The Hall–Kier alpha value is -1.59. The van der Waals surface area contributed by atoms with Crippen molar-refractivity contribution in [1.82, 2.24) is 9.97 Å². The number of benzene rings is 1. The van der Waals surface area contributed by atoms with Crippen molar-refractivity contribution < 1.29 is 10.9 Å². The molecule has 3 aromatic rings. The van der Waals surface area contributed by atoms with Gasteiger partial charge in [0.2, 0.25) is 0 Å². The highest BCUT2D eigenvalue weighted by atomic mass is 79.9. The average Bonchev–Trinajstić information content (AvgIpc) is 2.86. The molecular formula is C15H11BrClFN2O. The van der Waals surface area contributed by atoms with E-state index in [-0.39, 0.29) is 16.3 Å². The third kappa shape index (κ3) is 2.40. The highest BCUT2D eigenvalue weighted by molar-refractivity contribution is 9.10. The molecule has 3 nitrogen and oxygen atoms in total. The van der Waals surface area contributed by atoms with E-state index >= 15 is 0 Å². The van der Waals surface area contributed by atoms with Gasteiger partial charge in [0.05, 0.1) is 5.02 Å². The first-order valence-electron chi connectivity index (χ1n) is 6.63. The Balaban J connectivity index is 2.29. The third-order valence-corrected chi connectivity index (χ3v) is 4.15. The summed E-state index contributed by atoms with van der Waals surface area (Å²) in [6.07, 6.45) is 3.26. The van der Waals surface area contributed by atoms with Gasteiger partial charge in [-0.2, -0.15) is 0 Å². The monoisotopic (exact) mass is 369 g/mol. The summed E-state index contributed by atoms with van der Waals surface area (Å²) in [6.45, 7) is 1.55. The van der Waals surface area contributed by atoms with Crippen LogP contribution in [0.2, 0.25) is 5.02 Å². The first-order chi connectivity index (χ1) is 10.3. The summed E-state index contributed by atoms with van der Waals surface area (Å²) in [7, 11) is 0. The number of nitrogens with zero attached hydrogens (tertiary/aromatic N) is 1. The second-order valence-electron chi connectivity index (χ2n) is 4.63. The van der Waals surface area contributed by atoms with Crippen LogP contribution in [0.3, 0.4) is 0 Å². The Labute approximate surface area is 135 Å². The number of hydrogen-bond donors (Lipinski definition) is 2. The number of aromatic hydroxyl groups is 1. The Morgan fingerprint density at radius 1 is 1.52 bits per heavy atom. The van der Waals surface area contributed by atoms with Crippen molar-refractivity contribution in [3.63, 3.8) is 0 Å². The van der Waals surface area contributed by atoms with E-state index in [2.05, 4.69) is 25.9 Å². The summed E-state index contributed by atoms with van der Waals surface area (Å²) in [5, 5.41) is 10.5. The number of aromatic nitrogens is 2. The van der Waals surface area contributed by atoms with Gasteiger partial charge in [0, 0.05) is 35.1 Å². The van der Waals surface area contributed by atoms with Gasteiger partial charge in [-0.05, 0) is 39.7 Å². The fraction of sp³-hybridized carbons (Fsp3) is 0.133. The lowest BCUT2D eigenvalue weighted by atomic mass is 9.92. The highest BCUT2D eigenvalue weighted by Crippen LogP contribution is 2.40. The van der Waals surface area contributed by atoms with E-state index in [4.69, 9.17) is 13.0 Å². The third-order valence-electron chi connectivity index (χ3n) is 3.35. The van der Waals surface area contributed by atoms with Crippen LogP contribution in [0.1, 0.15) is 25.3 Å². The highest BCUT2D eigenvalue weighted by Gasteiger charge is 2.22. The lowest BCUT2D eigenvalue weighted by Gasteiger charge is -2.15. The first kappa shape index (κ1) is 13.1. The molecule has 0 bridgehead atoms. The lowest BCUT2D eigenvalue weighted by molar-refractivity contribution is 0.463. The number of fused-ring (bicyclic) bond motifs is 1.